The van der Waals surface area contributed by atoms with E-state index >= 15 is 0 Å². The van der Waals surface area contributed by atoms with Crippen molar-refractivity contribution >= 4 is 17.3 Å². The number of benzene rings is 2. The van der Waals surface area contributed by atoms with Crippen LogP contribution in [0.2, 0.25) is 0 Å². The van der Waals surface area contributed by atoms with Gasteiger partial charge in [0.2, 0.25) is 0 Å². The van der Waals surface area contributed by atoms with Gasteiger partial charge in [-0.15, -0.1) is 0 Å². The van der Waals surface area contributed by atoms with E-state index in [1.54, 1.807) is 50.4 Å². The summed E-state index contributed by atoms with van der Waals surface area (Å²) in [6, 6.07) is 10.4. The van der Waals surface area contributed by atoms with Crippen molar-refractivity contribution in [3.05, 3.63) is 42.0 Å². The van der Waals surface area contributed by atoms with E-state index in [2.05, 4.69) is 0 Å². The highest BCUT2D eigenvalue weighted by Crippen LogP contribution is 2.35. The summed E-state index contributed by atoms with van der Waals surface area (Å²) in [4.78, 5) is 11.5. The summed E-state index contributed by atoms with van der Waals surface area (Å²) in [5.74, 6) is 1.35. The monoisotopic (exact) mass is 316 g/mol. The molecule has 0 spiro atoms. The van der Waals surface area contributed by atoms with E-state index in [1.165, 1.54) is 0 Å². The van der Waals surface area contributed by atoms with Crippen LogP contribution in [-0.2, 0) is 16.0 Å². The molecule has 0 amide bonds. The van der Waals surface area contributed by atoms with Gasteiger partial charge in [0.15, 0.2) is 5.75 Å². The van der Waals surface area contributed by atoms with Gasteiger partial charge >= 0.3 is 5.97 Å². The van der Waals surface area contributed by atoms with Crippen LogP contribution >= 0.6 is 0 Å². The van der Waals surface area contributed by atoms with E-state index in [1.807, 2.05) is 0 Å². The van der Waals surface area contributed by atoms with E-state index in [9.17, 15) is 4.79 Å². The Kier molecular flexibility index (Phi) is 5.30. The molecule has 122 valence electrons. The Labute approximate surface area is 134 Å². The second kappa shape index (κ2) is 7.40. The molecule has 0 radical (unpaired) electrons. The summed E-state index contributed by atoms with van der Waals surface area (Å²) < 4.78 is 15.7. The lowest BCUT2D eigenvalue weighted by Crippen LogP contribution is -2.08. The van der Waals surface area contributed by atoms with Gasteiger partial charge in [0.1, 0.15) is 11.5 Å². The normalized spacial score (nSPS) is 10.2. The number of hydrogen-bond donors (Lipinski definition) is 2. The second-order valence-corrected chi connectivity index (χ2v) is 4.86. The predicted molar refractivity (Wildman–Crippen MR) is 88.7 cm³/mol. The minimum atomic E-state index is -0.324. The number of rotatable bonds is 6. The number of nitrogens with two attached hydrogens (primary N) is 2. The van der Waals surface area contributed by atoms with Crippen LogP contribution in [-0.4, -0.2) is 19.7 Å². The quantitative estimate of drug-likeness (QED) is 0.628. The maximum absolute atomic E-state index is 11.5. The van der Waals surface area contributed by atoms with Crippen molar-refractivity contribution in [3.8, 4) is 17.2 Å². The van der Waals surface area contributed by atoms with Crippen LogP contribution in [0.1, 0.15) is 12.5 Å². The third-order valence-corrected chi connectivity index (χ3v) is 3.14. The number of nitrogen functional groups attached to an aromatic ring is 2. The van der Waals surface area contributed by atoms with Crippen LogP contribution in [0.4, 0.5) is 11.4 Å². The van der Waals surface area contributed by atoms with E-state index < -0.39 is 0 Å². The molecule has 23 heavy (non-hydrogen) atoms. The number of methoxy groups -OCH3 is 1. The van der Waals surface area contributed by atoms with Crippen molar-refractivity contribution in [2.45, 2.75) is 13.3 Å². The minimum absolute atomic E-state index is 0.116. The molecule has 0 saturated carbocycles. The molecule has 0 aliphatic rings. The summed E-state index contributed by atoms with van der Waals surface area (Å²) in [6.45, 7) is 2.09. The van der Waals surface area contributed by atoms with Gasteiger partial charge in [-0.05, 0) is 48.9 Å². The van der Waals surface area contributed by atoms with Crippen LogP contribution in [0.5, 0.6) is 17.2 Å². The standard InChI is InChI=1S/C17H20N2O4/c1-3-22-16(20)10-11-8-14(18)17(15(19)9-11)23-13-6-4-12(21-2)5-7-13/h4-9H,3,10,18-19H2,1-2H3. The molecule has 0 bridgehead atoms. The Bertz CT molecular complexity index is 660. The number of hydrogen-bond acceptors (Lipinski definition) is 6. The van der Waals surface area contributed by atoms with Crippen molar-refractivity contribution in [1.29, 1.82) is 0 Å². The van der Waals surface area contributed by atoms with Crippen LogP contribution in [0.15, 0.2) is 36.4 Å². The highest BCUT2D eigenvalue weighted by Gasteiger charge is 2.12. The Morgan fingerprint density at radius 3 is 2.13 bits per heavy atom. The zero-order valence-electron chi connectivity index (χ0n) is 13.2. The fourth-order valence-corrected chi connectivity index (χ4v) is 2.10. The van der Waals surface area contributed by atoms with Gasteiger partial charge in [0, 0.05) is 0 Å². The van der Waals surface area contributed by atoms with Gasteiger partial charge in [-0.25, -0.2) is 0 Å². The summed E-state index contributed by atoms with van der Waals surface area (Å²) in [7, 11) is 1.59. The van der Waals surface area contributed by atoms with Crippen molar-refractivity contribution in [2.24, 2.45) is 0 Å². The molecule has 0 fully saturated rings. The number of ether oxygens (including phenoxy) is 3. The molecular formula is C17H20N2O4. The van der Waals surface area contributed by atoms with Crippen molar-refractivity contribution in [3.63, 3.8) is 0 Å². The van der Waals surface area contributed by atoms with Gasteiger partial charge in [-0.2, -0.15) is 0 Å². The Balaban J connectivity index is 2.17. The SMILES string of the molecule is CCOC(=O)Cc1cc(N)c(Oc2ccc(OC)cc2)c(N)c1. The maximum atomic E-state index is 11.5. The number of esters is 1. The topological polar surface area (TPSA) is 96.8 Å². The van der Waals surface area contributed by atoms with Crippen LogP contribution in [0, 0.1) is 0 Å². The van der Waals surface area contributed by atoms with Gasteiger partial charge < -0.3 is 25.7 Å². The highest BCUT2D eigenvalue weighted by molar-refractivity contribution is 5.76. The molecule has 2 aromatic carbocycles. The van der Waals surface area contributed by atoms with Crippen molar-refractivity contribution in [2.75, 3.05) is 25.2 Å². The molecular weight excluding hydrogens is 296 g/mol. The predicted octanol–water partition coefficient (Wildman–Crippen LogP) is 2.76. The van der Waals surface area contributed by atoms with Crippen molar-refractivity contribution in [1.82, 2.24) is 0 Å². The molecule has 2 rings (SSSR count). The number of anilines is 2. The average molecular weight is 316 g/mol. The first-order chi connectivity index (χ1) is 11.0. The molecule has 4 N–H and O–H groups in total. The first-order valence-electron chi connectivity index (χ1n) is 7.19. The first kappa shape index (κ1) is 16.5. The molecule has 6 heteroatoms. The van der Waals surface area contributed by atoms with Crippen LogP contribution in [0.3, 0.4) is 0 Å². The molecule has 0 aliphatic heterocycles. The second-order valence-electron chi connectivity index (χ2n) is 4.86. The summed E-state index contributed by atoms with van der Waals surface area (Å²) in [5.41, 5.74) is 13.4. The Morgan fingerprint density at radius 2 is 1.61 bits per heavy atom. The minimum Gasteiger partial charge on any atom is -0.497 e. The summed E-state index contributed by atoms with van der Waals surface area (Å²) in [5, 5.41) is 0. The van der Waals surface area contributed by atoms with Crippen molar-refractivity contribution < 1.29 is 19.0 Å². The maximum Gasteiger partial charge on any atom is 0.310 e. The summed E-state index contributed by atoms with van der Waals surface area (Å²) >= 11 is 0. The third-order valence-electron chi connectivity index (χ3n) is 3.14. The third kappa shape index (κ3) is 4.29. The smallest absolute Gasteiger partial charge is 0.310 e. The van der Waals surface area contributed by atoms with Gasteiger partial charge in [-0.3, -0.25) is 4.79 Å². The lowest BCUT2D eigenvalue weighted by atomic mass is 10.1. The summed E-state index contributed by atoms with van der Waals surface area (Å²) in [6.07, 6.45) is 0.116. The first-order valence-corrected chi connectivity index (χ1v) is 7.19. The Hall–Kier alpha value is -2.89. The van der Waals surface area contributed by atoms with Crippen LogP contribution < -0.4 is 20.9 Å². The lowest BCUT2D eigenvalue weighted by Gasteiger charge is -2.13. The molecule has 0 aromatic heterocycles. The highest BCUT2D eigenvalue weighted by atomic mass is 16.5. The Morgan fingerprint density at radius 1 is 1.04 bits per heavy atom. The van der Waals surface area contributed by atoms with E-state index in [4.69, 9.17) is 25.7 Å². The largest absolute Gasteiger partial charge is 0.497 e. The zero-order chi connectivity index (χ0) is 16.8. The van der Waals surface area contributed by atoms with E-state index in [-0.39, 0.29) is 12.4 Å². The molecule has 0 unspecified atom stereocenters. The molecule has 2 aromatic rings. The number of carbonyl (C=O) groups is 1. The molecule has 0 saturated heterocycles. The lowest BCUT2D eigenvalue weighted by molar-refractivity contribution is -0.142. The molecule has 0 heterocycles. The molecule has 6 nitrogen and oxygen atoms in total. The fourth-order valence-electron chi connectivity index (χ4n) is 2.10. The van der Waals surface area contributed by atoms with Gasteiger partial charge in [0.25, 0.3) is 0 Å². The van der Waals surface area contributed by atoms with E-state index in [0.717, 1.165) is 5.75 Å². The fraction of sp³-hybridized carbons (Fsp3) is 0.235. The zero-order valence-corrected chi connectivity index (χ0v) is 13.2. The number of carbonyl (C=O) groups excluding carboxylic acids is 1. The van der Waals surface area contributed by atoms with E-state index in [0.29, 0.717) is 35.0 Å². The average Bonchev–Trinajstić information content (AvgIpc) is 2.52. The molecule has 0 atom stereocenters. The molecule has 0 aliphatic carbocycles. The van der Waals surface area contributed by atoms with Gasteiger partial charge in [-0.1, -0.05) is 0 Å². The van der Waals surface area contributed by atoms with Crippen LogP contribution in [0.25, 0.3) is 0 Å². The van der Waals surface area contributed by atoms with Gasteiger partial charge in [0.05, 0.1) is 31.5 Å².